The number of amides is 2. The van der Waals surface area contributed by atoms with E-state index in [1.807, 2.05) is 61.5 Å². The summed E-state index contributed by atoms with van der Waals surface area (Å²) in [5.41, 5.74) is 2.79. The Morgan fingerprint density at radius 1 is 1.06 bits per heavy atom. The molecule has 2 aliphatic heterocycles. The molecule has 170 valence electrons. The minimum atomic E-state index is -0.665. The summed E-state index contributed by atoms with van der Waals surface area (Å²) in [6.45, 7) is 1.90. The van der Waals surface area contributed by atoms with Crippen molar-refractivity contribution in [3.8, 4) is 0 Å². The average Bonchev–Trinajstić information content (AvgIpc) is 3.22. The lowest BCUT2D eigenvalue weighted by atomic mass is 10.1. The summed E-state index contributed by atoms with van der Waals surface area (Å²) in [6.07, 6.45) is 0.509. The highest BCUT2D eigenvalue weighted by Crippen LogP contribution is 2.38. The Morgan fingerprint density at radius 2 is 1.76 bits per heavy atom. The number of para-hydroxylation sites is 1. The molecule has 0 aromatic heterocycles. The Balaban J connectivity index is 1.45. The number of anilines is 1. The normalized spacial score (nSPS) is 17.4. The van der Waals surface area contributed by atoms with Crippen LogP contribution in [0.1, 0.15) is 30.5 Å². The van der Waals surface area contributed by atoms with E-state index in [0.717, 1.165) is 11.1 Å². The SMILES string of the molecule is CC[C@@H](SC1=Nc2ccccc2C2=N[C@H](c3ccccc3)C(=O)N12)C(=O)Nc1ccc(F)cc1. The summed E-state index contributed by atoms with van der Waals surface area (Å²) in [7, 11) is 0. The van der Waals surface area contributed by atoms with Crippen molar-refractivity contribution in [3.63, 3.8) is 0 Å². The molecule has 3 aromatic rings. The second-order valence-corrected chi connectivity index (χ2v) is 9.03. The Hall–Kier alpha value is -3.78. The van der Waals surface area contributed by atoms with E-state index in [9.17, 15) is 14.0 Å². The fraction of sp³-hybridized carbons (Fsp3) is 0.154. The molecule has 2 aliphatic rings. The summed E-state index contributed by atoms with van der Waals surface area (Å²) in [4.78, 5) is 37.5. The van der Waals surface area contributed by atoms with Gasteiger partial charge in [0.25, 0.3) is 5.91 Å². The maximum absolute atomic E-state index is 13.5. The van der Waals surface area contributed by atoms with E-state index in [1.54, 1.807) is 0 Å². The number of halogens is 1. The zero-order valence-electron chi connectivity index (χ0n) is 18.3. The number of nitrogens with one attached hydrogen (secondary N) is 1. The Bertz CT molecular complexity index is 1310. The Labute approximate surface area is 200 Å². The van der Waals surface area contributed by atoms with Gasteiger partial charge in [0.1, 0.15) is 11.7 Å². The van der Waals surface area contributed by atoms with Crippen molar-refractivity contribution in [2.75, 3.05) is 5.32 Å². The first-order chi connectivity index (χ1) is 16.5. The molecule has 34 heavy (non-hydrogen) atoms. The predicted molar refractivity (Wildman–Crippen MR) is 133 cm³/mol. The number of aliphatic imine (C=N–C) groups is 2. The van der Waals surface area contributed by atoms with E-state index in [1.165, 1.54) is 40.9 Å². The lowest BCUT2D eigenvalue weighted by molar-refractivity contribution is -0.124. The van der Waals surface area contributed by atoms with Gasteiger partial charge in [-0.05, 0) is 48.4 Å². The highest BCUT2D eigenvalue weighted by molar-refractivity contribution is 8.15. The van der Waals surface area contributed by atoms with Gasteiger partial charge in [0, 0.05) is 11.3 Å². The van der Waals surface area contributed by atoms with Crippen molar-refractivity contribution < 1.29 is 14.0 Å². The standard InChI is InChI=1S/C26H21FN4O2S/c1-2-21(24(32)28-18-14-12-17(27)13-15-18)34-26-29-20-11-7-6-10-19(20)23-30-22(25(33)31(23)26)16-8-4-3-5-9-16/h3-15,21-22H,2H2,1H3,(H,28,32)/t21-,22-/m1/s1. The number of hydrogen-bond acceptors (Lipinski definition) is 5. The minimum absolute atomic E-state index is 0.198. The lowest BCUT2D eigenvalue weighted by Gasteiger charge is -2.27. The highest BCUT2D eigenvalue weighted by Gasteiger charge is 2.43. The molecule has 0 aliphatic carbocycles. The molecule has 0 unspecified atom stereocenters. The van der Waals surface area contributed by atoms with E-state index in [4.69, 9.17) is 9.98 Å². The fourth-order valence-corrected chi connectivity index (χ4v) is 4.91. The molecule has 3 aromatic carbocycles. The van der Waals surface area contributed by atoms with Crippen molar-refractivity contribution in [2.24, 2.45) is 9.98 Å². The number of benzene rings is 3. The first-order valence-electron chi connectivity index (χ1n) is 10.9. The fourth-order valence-electron chi connectivity index (χ4n) is 3.89. The van der Waals surface area contributed by atoms with Gasteiger partial charge < -0.3 is 5.32 Å². The largest absolute Gasteiger partial charge is 0.325 e. The maximum Gasteiger partial charge on any atom is 0.263 e. The molecule has 2 heterocycles. The van der Waals surface area contributed by atoms with Crippen LogP contribution in [0.5, 0.6) is 0 Å². The third-order valence-electron chi connectivity index (χ3n) is 5.61. The van der Waals surface area contributed by atoms with Gasteiger partial charge in [-0.1, -0.05) is 61.2 Å². The van der Waals surface area contributed by atoms with Crippen LogP contribution in [-0.2, 0) is 9.59 Å². The monoisotopic (exact) mass is 472 g/mol. The van der Waals surface area contributed by atoms with Gasteiger partial charge in [0.05, 0.1) is 10.9 Å². The van der Waals surface area contributed by atoms with Crippen molar-refractivity contribution in [3.05, 3.63) is 95.8 Å². The minimum Gasteiger partial charge on any atom is -0.325 e. The van der Waals surface area contributed by atoms with Gasteiger partial charge in [-0.3, -0.25) is 9.59 Å². The highest BCUT2D eigenvalue weighted by atomic mass is 32.2. The van der Waals surface area contributed by atoms with Crippen LogP contribution < -0.4 is 5.32 Å². The average molecular weight is 473 g/mol. The molecule has 2 amide bonds. The maximum atomic E-state index is 13.5. The van der Waals surface area contributed by atoms with Crippen molar-refractivity contribution in [1.29, 1.82) is 0 Å². The van der Waals surface area contributed by atoms with Crippen LogP contribution in [0.15, 0.2) is 88.8 Å². The van der Waals surface area contributed by atoms with E-state index >= 15 is 0 Å². The third-order valence-corrected chi connectivity index (χ3v) is 6.92. The predicted octanol–water partition coefficient (Wildman–Crippen LogP) is 5.31. The summed E-state index contributed by atoms with van der Waals surface area (Å²) in [6, 6.07) is 21.9. The van der Waals surface area contributed by atoms with Crippen molar-refractivity contribution >= 4 is 46.0 Å². The van der Waals surface area contributed by atoms with Crippen LogP contribution in [0.2, 0.25) is 0 Å². The summed E-state index contributed by atoms with van der Waals surface area (Å²) in [5.74, 6) is -0.274. The molecular formula is C26H21FN4O2S. The molecular weight excluding hydrogens is 451 g/mol. The van der Waals surface area contributed by atoms with Gasteiger partial charge in [-0.2, -0.15) is 0 Å². The van der Waals surface area contributed by atoms with Gasteiger partial charge >= 0.3 is 0 Å². The van der Waals surface area contributed by atoms with Gasteiger partial charge in [-0.15, -0.1) is 0 Å². The Kier molecular flexibility index (Phi) is 5.98. The van der Waals surface area contributed by atoms with Crippen LogP contribution in [0.25, 0.3) is 0 Å². The molecule has 2 atom stereocenters. The number of carbonyl (C=O) groups is 2. The van der Waals surface area contributed by atoms with Crippen molar-refractivity contribution in [1.82, 2.24) is 4.90 Å². The zero-order valence-corrected chi connectivity index (χ0v) is 19.1. The number of hydrogen-bond donors (Lipinski definition) is 1. The summed E-state index contributed by atoms with van der Waals surface area (Å²) in [5, 5.41) is 2.72. The quantitative estimate of drug-likeness (QED) is 0.547. The van der Waals surface area contributed by atoms with Gasteiger partial charge in [0.2, 0.25) is 5.91 Å². The third kappa shape index (κ3) is 4.12. The smallest absolute Gasteiger partial charge is 0.263 e. The molecule has 8 heteroatoms. The molecule has 0 bridgehead atoms. The van der Waals surface area contributed by atoms with E-state index < -0.39 is 11.3 Å². The van der Waals surface area contributed by atoms with Crippen LogP contribution in [0.3, 0.4) is 0 Å². The molecule has 0 spiro atoms. The number of fused-ring (bicyclic) bond motifs is 3. The summed E-state index contributed by atoms with van der Waals surface area (Å²) >= 11 is 1.23. The first kappa shape index (κ1) is 22.0. The number of amidine groups is 2. The molecule has 0 fully saturated rings. The topological polar surface area (TPSA) is 74.1 Å². The molecule has 6 nitrogen and oxygen atoms in total. The van der Waals surface area contributed by atoms with Gasteiger partial charge in [-0.25, -0.2) is 19.3 Å². The summed E-state index contributed by atoms with van der Waals surface area (Å²) < 4.78 is 13.2. The number of rotatable bonds is 5. The molecule has 0 saturated heterocycles. The van der Waals surface area contributed by atoms with Crippen molar-refractivity contribution in [2.45, 2.75) is 24.6 Å². The number of nitrogens with zero attached hydrogens (tertiary/aromatic N) is 3. The molecule has 0 radical (unpaired) electrons. The zero-order chi connectivity index (χ0) is 23.7. The molecule has 0 saturated carbocycles. The van der Waals surface area contributed by atoms with Crippen LogP contribution >= 0.6 is 11.8 Å². The lowest BCUT2D eigenvalue weighted by Crippen LogP contribution is -2.41. The van der Waals surface area contributed by atoms with E-state index in [-0.39, 0.29) is 17.6 Å². The van der Waals surface area contributed by atoms with Crippen LogP contribution in [-0.4, -0.2) is 33.0 Å². The van der Waals surface area contributed by atoms with Gasteiger partial charge in [0.15, 0.2) is 11.2 Å². The number of thioether (sulfide) groups is 1. The second-order valence-electron chi connectivity index (χ2n) is 7.86. The van der Waals surface area contributed by atoms with Crippen LogP contribution in [0, 0.1) is 5.82 Å². The second kappa shape index (κ2) is 9.23. The van der Waals surface area contributed by atoms with E-state index in [0.29, 0.717) is 28.8 Å². The Morgan fingerprint density at radius 3 is 2.50 bits per heavy atom. The molecule has 1 N–H and O–H groups in total. The van der Waals surface area contributed by atoms with E-state index in [2.05, 4.69) is 5.32 Å². The number of carbonyl (C=O) groups excluding carboxylic acids is 2. The van der Waals surface area contributed by atoms with Crippen LogP contribution in [0.4, 0.5) is 15.8 Å². The first-order valence-corrected chi connectivity index (χ1v) is 11.8. The molecule has 5 rings (SSSR count).